The van der Waals surface area contributed by atoms with Crippen LogP contribution in [0.5, 0.6) is 0 Å². The topological polar surface area (TPSA) is 161 Å². The Morgan fingerprint density at radius 2 is 0.604 bits per heavy atom. The van der Waals surface area contributed by atoms with Gasteiger partial charge >= 0.3 is 121 Å². The Balaban J connectivity index is -0.000000708. The molecule has 0 saturated heterocycles. The zero-order chi connectivity index (χ0) is 40.2. The van der Waals surface area contributed by atoms with Gasteiger partial charge in [-0.3, -0.25) is 0 Å². The van der Waals surface area contributed by atoms with Crippen molar-refractivity contribution in [1.29, 1.82) is 0 Å². The first-order valence-corrected chi connectivity index (χ1v) is 26.1. The summed E-state index contributed by atoms with van der Waals surface area (Å²) >= 11 is 0.0736. The Kier molecular flexibility index (Phi) is 49.5. The molecule has 0 aromatic heterocycles. The van der Waals surface area contributed by atoms with Gasteiger partial charge in [0.05, 0.1) is 0 Å². The predicted molar refractivity (Wildman–Crippen MR) is 213 cm³/mol. The average molecular weight is 858 g/mol. The third kappa shape index (κ3) is 50.7. The molecule has 310 valence electrons. The molecule has 0 aliphatic heterocycles. The van der Waals surface area contributed by atoms with Crippen LogP contribution in [0, 0.1) is 11.8 Å². The second kappa shape index (κ2) is 46.8. The summed E-state index contributed by atoms with van der Waals surface area (Å²) in [5.74, 6) is -5.35. The summed E-state index contributed by atoms with van der Waals surface area (Å²) in [6.45, 7) is 8.91. The van der Waals surface area contributed by atoms with Crippen LogP contribution in [0.25, 0.3) is 0 Å². The molecule has 53 heavy (non-hydrogen) atoms. The van der Waals surface area contributed by atoms with Crippen molar-refractivity contribution in [3.05, 3.63) is 0 Å². The van der Waals surface area contributed by atoms with E-state index in [4.69, 9.17) is 0 Å². The fourth-order valence-electron chi connectivity index (χ4n) is 6.27. The molecular formula is C44H82O8Sn. The van der Waals surface area contributed by atoms with Crippen LogP contribution in [0.4, 0.5) is 0 Å². The summed E-state index contributed by atoms with van der Waals surface area (Å²) in [5, 5.41) is 42.2. The second-order valence-electron chi connectivity index (χ2n) is 15.0. The molecule has 9 heteroatoms. The molecule has 0 spiro atoms. The van der Waals surface area contributed by atoms with E-state index >= 15 is 0 Å². The Hall–Kier alpha value is -1.32. The quantitative estimate of drug-likeness (QED) is 0.0443. The monoisotopic (exact) mass is 859 g/mol. The molecule has 0 rings (SSSR count). The van der Waals surface area contributed by atoms with Crippen molar-refractivity contribution in [1.82, 2.24) is 0 Å². The van der Waals surface area contributed by atoms with Crippen molar-refractivity contribution >= 4 is 45.0 Å². The number of hydrogen-bond donors (Lipinski definition) is 0. The molecule has 0 amide bonds. The number of rotatable bonds is 38. The van der Waals surface area contributed by atoms with Crippen molar-refractivity contribution < 1.29 is 39.6 Å². The van der Waals surface area contributed by atoms with E-state index in [0.717, 1.165) is 38.5 Å². The molecule has 0 N–H and O–H groups in total. The minimum absolute atomic E-state index is 0.0692. The maximum absolute atomic E-state index is 10.9. The van der Waals surface area contributed by atoms with Crippen molar-refractivity contribution in [2.45, 2.75) is 242 Å². The summed E-state index contributed by atoms with van der Waals surface area (Å²) in [6, 6.07) is 0. The Morgan fingerprint density at radius 1 is 0.358 bits per heavy atom. The van der Waals surface area contributed by atoms with Crippen molar-refractivity contribution in [3.63, 3.8) is 0 Å². The normalized spacial score (nSPS) is 11.8. The molecule has 0 aliphatic carbocycles. The van der Waals surface area contributed by atoms with E-state index in [2.05, 4.69) is 27.7 Å². The molecule has 0 saturated carbocycles. The zero-order valence-corrected chi connectivity index (χ0v) is 37.8. The van der Waals surface area contributed by atoms with E-state index in [0.29, 0.717) is 38.5 Å². The van der Waals surface area contributed by atoms with Crippen LogP contribution in [0.3, 0.4) is 0 Å². The van der Waals surface area contributed by atoms with Gasteiger partial charge in [-0.1, -0.05) is 90.9 Å². The summed E-state index contributed by atoms with van der Waals surface area (Å²) < 4.78 is 3.31. The molecule has 0 aliphatic rings. The SMILES string of the molecule is CCCCCCCCC(CCCC(=O)[O-])C(=O)[O-].CCCCCCCCC(CCCC(=O)[O-])C(=O)[O-].CCCCCCC[CH2][Sn+4][CH2]CCCCCCC. The number of hydrogen-bond acceptors (Lipinski definition) is 8. The van der Waals surface area contributed by atoms with E-state index in [1.54, 1.807) is 21.7 Å². The fraction of sp³-hybridized carbons (Fsp3) is 0.909. The average Bonchev–Trinajstić information content (AvgIpc) is 3.11. The van der Waals surface area contributed by atoms with Crippen molar-refractivity contribution in [3.8, 4) is 0 Å². The summed E-state index contributed by atoms with van der Waals surface area (Å²) in [5.41, 5.74) is 0. The number of carbonyl (C=O) groups excluding carboxylic acids is 4. The van der Waals surface area contributed by atoms with Gasteiger partial charge in [0.15, 0.2) is 0 Å². The molecule has 0 fully saturated rings. The molecule has 0 aromatic carbocycles. The van der Waals surface area contributed by atoms with Crippen LogP contribution in [0.2, 0.25) is 8.87 Å². The number of carboxylic acids is 4. The van der Waals surface area contributed by atoms with Crippen LogP contribution in [0.15, 0.2) is 0 Å². The first-order valence-electron chi connectivity index (χ1n) is 22.1. The van der Waals surface area contributed by atoms with E-state index in [1.165, 1.54) is 103 Å². The number of aliphatic carboxylic acids is 4. The van der Waals surface area contributed by atoms with Gasteiger partial charge in [-0.25, -0.2) is 0 Å². The van der Waals surface area contributed by atoms with E-state index in [9.17, 15) is 39.6 Å². The maximum atomic E-state index is 10.9. The zero-order valence-electron chi connectivity index (χ0n) is 35.0. The van der Waals surface area contributed by atoms with Crippen molar-refractivity contribution in [2.75, 3.05) is 0 Å². The molecule has 2 atom stereocenters. The molecule has 6 radical (unpaired) electrons. The molecular weight excluding hydrogens is 775 g/mol. The van der Waals surface area contributed by atoms with Gasteiger partial charge < -0.3 is 39.6 Å². The van der Waals surface area contributed by atoms with Crippen LogP contribution in [0.1, 0.15) is 233 Å². The standard InChI is InChI=1S/2C14H26O4.2C8H17.Sn/c2*1-2-3-4-5-6-7-9-12(14(17)18)10-8-11-13(15)16;2*1-3-5-7-8-6-4-2;/h2*12H,2-11H2,1H3,(H,15,16)(H,17,18);2*1,3-8H2,2H3;/q;;;;+4/p-4. The first-order chi connectivity index (χ1) is 25.6. The number of unbranched alkanes of at least 4 members (excludes halogenated alkanes) is 20. The Morgan fingerprint density at radius 3 is 0.868 bits per heavy atom. The predicted octanol–water partition coefficient (Wildman–Crippen LogP) is 8.29. The number of carboxylic acid groups (broad SMARTS) is 4. The van der Waals surface area contributed by atoms with Gasteiger partial charge in [0, 0.05) is 23.9 Å². The number of carbonyl (C=O) groups is 4. The molecule has 8 nitrogen and oxygen atoms in total. The second-order valence-corrected chi connectivity index (χ2v) is 19.2. The fourth-order valence-corrected chi connectivity index (χ4v) is 9.84. The van der Waals surface area contributed by atoms with Gasteiger partial charge in [0.1, 0.15) is 0 Å². The van der Waals surface area contributed by atoms with E-state index in [-0.39, 0.29) is 34.0 Å². The van der Waals surface area contributed by atoms with Crippen molar-refractivity contribution in [2.24, 2.45) is 11.8 Å². The van der Waals surface area contributed by atoms with E-state index < -0.39 is 35.7 Å². The molecule has 2 unspecified atom stereocenters. The first kappa shape index (κ1) is 56.0. The summed E-state index contributed by atoms with van der Waals surface area (Å²) in [7, 11) is 0. The van der Waals surface area contributed by atoms with Crippen LogP contribution < -0.4 is 20.4 Å². The Bertz CT molecular complexity index is 742. The Labute approximate surface area is 337 Å². The van der Waals surface area contributed by atoms with Gasteiger partial charge in [-0.2, -0.15) is 0 Å². The molecule has 0 bridgehead atoms. The van der Waals surface area contributed by atoms with Gasteiger partial charge in [0.25, 0.3) is 0 Å². The van der Waals surface area contributed by atoms with Crippen LogP contribution >= 0.6 is 0 Å². The third-order valence-electron chi connectivity index (χ3n) is 9.76. The van der Waals surface area contributed by atoms with Gasteiger partial charge in [-0.05, 0) is 63.2 Å². The minimum atomic E-state index is -1.12. The summed E-state index contributed by atoms with van der Waals surface area (Å²) in [4.78, 5) is 42.2. The van der Waals surface area contributed by atoms with Gasteiger partial charge in [-0.15, -0.1) is 0 Å². The van der Waals surface area contributed by atoms with Crippen LogP contribution in [-0.2, 0) is 19.2 Å². The van der Waals surface area contributed by atoms with Crippen LogP contribution in [-0.4, -0.2) is 45.0 Å². The molecule has 0 aromatic rings. The van der Waals surface area contributed by atoms with E-state index in [1.807, 2.05) is 0 Å². The van der Waals surface area contributed by atoms with Gasteiger partial charge in [0.2, 0.25) is 0 Å². The third-order valence-corrected chi connectivity index (χ3v) is 13.8. The molecule has 0 heterocycles. The summed E-state index contributed by atoms with van der Waals surface area (Å²) in [6.07, 6.45) is 33.8.